The van der Waals surface area contributed by atoms with Gasteiger partial charge in [-0.3, -0.25) is 9.59 Å². The summed E-state index contributed by atoms with van der Waals surface area (Å²) in [7, 11) is 0. The van der Waals surface area contributed by atoms with E-state index in [9.17, 15) is 9.59 Å². The van der Waals surface area contributed by atoms with Crippen molar-refractivity contribution in [1.82, 2.24) is 14.7 Å². The summed E-state index contributed by atoms with van der Waals surface area (Å²) in [4.78, 5) is 26.3. The van der Waals surface area contributed by atoms with Crippen molar-refractivity contribution in [3.05, 3.63) is 27.2 Å². The number of carbonyl (C=O) groups excluding carboxylic acids is 1. The Labute approximate surface area is 129 Å². The van der Waals surface area contributed by atoms with Crippen molar-refractivity contribution in [3.63, 3.8) is 0 Å². The zero-order valence-electron chi connectivity index (χ0n) is 13.3. The lowest BCUT2D eigenvalue weighted by Gasteiger charge is -2.35. The lowest BCUT2D eigenvalue weighted by Crippen LogP contribution is -2.50. The number of rotatable bonds is 2. The first-order chi connectivity index (χ1) is 10.3. The minimum atomic E-state index is -0.520. The van der Waals surface area contributed by atoms with Gasteiger partial charge in [-0.05, 0) is 33.3 Å². The average molecular weight is 304 g/mol. The molecule has 1 saturated heterocycles. The van der Waals surface area contributed by atoms with Crippen LogP contribution in [0.1, 0.15) is 30.7 Å². The Kier molecular flexibility index (Phi) is 4.62. The van der Waals surface area contributed by atoms with E-state index in [2.05, 4.69) is 5.10 Å². The van der Waals surface area contributed by atoms with Crippen molar-refractivity contribution in [1.29, 1.82) is 5.26 Å². The molecular formula is C15H20N4O3. The largest absolute Gasteiger partial charge is 0.372 e. The standard InChI is InChI=1S/C15H20N4O3/c1-9-6-18(7-10(2)22-9)14(20)8-19-15(21)13(5-16)11(3)12(4)17-19/h9-10H,6-8H2,1-4H3. The van der Waals surface area contributed by atoms with E-state index in [4.69, 9.17) is 10.00 Å². The van der Waals surface area contributed by atoms with Gasteiger partial charge in [0, 0.05) is 13.1 Å². The number of carbonyl (C=O) groups is 1. The van der Waals surface area contributed by atoms with E-state index < -0.39 is 5.56 Å². The normalized spacial score (nSPS) is 21.5. The predicted octanol–water partition coefficient (Wildman–Crippen LogP) is 0.368. The molecule has 1 aliphatic heterocycles. The molecule has 0 radical (unpaired) electrons. The molecule has 1 aromatic heterocycles. The third kappa shape index (κ3) is 3.17. The third-order valence-corrected chi connectivity index (χ3v) is 3.81. The second kappa shape index (κ2) is 6.28. The highest BCUT2D eigenvalue weighted by molar-refractivity contribution is 5.76. The molecule has 118 valence electrons. The van der Waals surface area contributed by atoms with Gasteiger partial charge in [-0.1, -0.05) is 0 Å². The fraction of sp³-hybridized carbons (Fsp3) is 0.600. The smallest absolute Gasteiger partial charge is 0.285 e. The van der Waals surface area contributed by atoms with Crippen LogP contribution >= 0.6 is 0 Å². The Morgan fingerprint density at radius 3 is 2.50 bits per heavy atom. The van der Waals surface area contributed by atoms with E-state index >= 15 is 0 Å². The lowest BCUT2D eigenvalue weighted by molar-refractivity contribution is -0.144. The van der Waals surface area contributed by atoms with Crippen LogP contribution in [-0.4, -0.2) is 45.9 Å². The molecule has 2 atom stereocenters. The topological polar surface area (TPSA) is 88.2 Å². The molecule has 1 amide bonds. The summed E-state index contributed by atoms with van der Waals surface area (Å²) >= 11 is 0. The van der Waals surface area contributed by atoms with Gasteiger partial charge in [0.15, 0.2) is 0 Å². The van der Waals surface area contributed by atoms with Crippen LogP contribution in [0.25, 0.3) is 0 Å². The van der Waals surface area contributed by atoms with Gasteiger partial charge in [0.05, 0.1) is 17.9 Å². The van der Waals surface area contributed by atoms with E-state index in [0.29, 0.717) is 24.3 Å². The van der Waals surface area contributed by atoms with Crippen molar-refractivity contribution < 1.29 is 9.53 Å². The van der Waals surface area contributed by atoms with Crippen molar-refractivity contribution in [2.24, 2.45) is 0 Å². The molecule has 0 bridgehead atoms. The van der Waals surface area contributed by atoms with E-state index in [-0.39, 0.29) is 30.2 Å². The Hall–Kier alpha value is -2.20. The van der Waals surface area contributed by atoms with Gasteiger partial charge in [-0.15, -0.1) is 0 Å². The minimum absolute atomic E-state index is 0.0354. The zero-order valence-corrected chi connectivity index (χ0v) is 13.3. The molecule has 1 aliphatic rings. The summed E-state index contributed by atoms with van der Waals surface area (Å²) in [6.45, 7) is 8.04. The summed E-state index contributed by atoms with van der Waals surface area (Å²) in [6.07, 6.45) is -0.0707. The Morgan fingerprint density at radius 2 is 1.95 bits per heavy atom. The van der Waals surface area contributed by atoms with Crippen LogP contribution in [-0.2, 0) is 16.1 Å². The number of nitriles is 1. The molecule has 2 unspecified atom stereocenters. The number of aromatic nitrogens is 2. The van der Waals surface area contributed by atoms with Crippen molar-refractivity contribution in [2.75, 3.05) is 13.1 Å². The van der Waals surface area contributed by atoms with Crippen molar-refractivity contribution >= 4 is 5.91 Å². The number of morpholine rings is 1. The Morgan fingerprint density at radius 1 is 1.36 bits per heavy atom. The van der Waals surface area contributed by atoms with Gasteiger partial charge in [0.25, 0.3) is 5.56 Å². The molecule has 0 aliphatic carbocycles. The summed E-state index contributed by atoms with van der Waals surface area (Å²) in [5, 5.41) is 13.2. The predicted molar refractivity (Wildman–Crippen MR) is 79.3 cm³/mol. The maximum Gasteiger partial charge on any atom is 0.285 e. The number of hydrogen-bond donors (Lipinski definition) is 0. The van der Waals surface area contributed by atoms with Gasteiger partial charge in [0.1, 0.15) is 18.2 Å². The van der Waals surface area contributed by atoms with Gasteiger partial charge < -0.3 is 9.64 Å². The summed E-state index contributed by atoms with van der Waals surface area (Å²) < 4.78 is 6.67. The van der Waals surface area contributed by atoms with Crippen molar-refractivity contribution in [2.45, 2.75) is 46.4 Å². The molecule has 2 rings (SSSR count). The highest BCUT2D eigenvalue weighted by atomic mass is 16.5. The maximum atomic E-state index is 12.4. The summed E-state index contributed by atoms with van der Waals surface area (Å²) in [5.41, 5.74) is 0.662. The van der Waals surface area contributed by atoms with Gasteiger partial charge in [0.2, 0.25) is 5.91 Å². The fourth-order valence-corrected chi connectivity index (χ4v) is 2.62. The molecule has 2 heterocycles. The fourth-order valence-electron chi connectivity index (χ4n) is 2.62. The van der Waals surface area contributed by atoms with E-state index in [0.717, 1.165) is 4.68 Å². The average Bonchev–Trinajstić information content (AvgIpc) is 2.44. The van der Waals surface area contributed by atoms with E-state index in [1.807, 2.05) is 19.9 Å². The number of nitrogens with zero attached hydrogens (tertiary/aromatic N) is 4. The molecule has 1 fully saturated rings. The Balaban J connectivity index is 2.24. The van der Waals surface area contributed by atoms with Crippen LogP contribution in [0.5, 0.6) is 0 Å². The van der Waals surface area contributed by atoms with Gasteiger partial charge >= 0.3 is 0 Å². The highest BCUT2D eigenvalue weighted by Crippen LogP contribution is 2.11. The van der Waals surface area contributed by atoms with E-state index in [1.54, 1.807) is 18.7 Å². The molecule has 0 N–H and O–H groups in total. The van der Waals surface area contributed by atoms with E-state index in [1.165, 1.54) is 0 Å². The van der Waals surface area contributed by atoms with Crippen molar-refractivity contribution in [3.8, 4) is 6.07 Å². The number of hydrogen-bond acceptors (Lipinski definition) is 5. The van der Waals surface area contributed by atoms with Crippen LogP contribution in [0.15, 0.2) is 4.79 Å². The zero-order chi connectivity index (χ0) is 16.4. The van der Waals surface area contributed by atoms with Crippen LogP contribution < -0.4 is 5.56 Å². The van der Waals surface area contributed by atoms with Gasteiger partial charge in [-0.2, -0.15) is 10.4 Å². The monoisotopic (exact) mass is 304 g/mol. The van der Waals surface area contributed by atoms with Crippen LogP contribution in [0.3, 0.4) is 0 Å². The van der Waals surface area contributed by atoms with Crippen LogP contribution in [0.2, 0.25) is 0 Å². The van der Waals surface area contributed by atoms with Gasteiger partial charge in [-0.25, -0.2) is 4.68 Å². The first kappa shape index (κ1) is 16.2. The minimum Gasteiger partial charge on any atom is -0.372 e. The number of aryl methyl sites for hydroxylation is 1. The second-order valence-corrected chi connectivity index (χ2v) is 5.72. The second-order valence-electron chi connectivity index (χ2n) is 5.72. The molecule has 7 heteroatoms. The Bertz CT molecular complexity index is 679. The molecule has 0 aromatic carbocycles. The number of ether oxygens (including phenoxy) is 1. The highest BCUT2D eigenvalue weighted by Gasteiger charge is 2.26. The molecule has 0 saturated carbocycles. The number of amides is 1. The van der Waals surface area contributed by atoms with Crippen LogP contribution in [0, 0.1) is 25.2 Å². The lowest BCUT2D eigenvalue weighted by atomic mass is 10.1. The third-order valence-electron chi connectivity index (χ3n) is 3.81. The molecule has 7 nitrogen and oxygen atoms in total. The first-order valence-electron chi connectivity index (χ1n) is 7.25. The molecule has 0 spiro atoms. The maximum absolute atomic E-state index is 12.4. The molecule has 22 heavy (non-hydrogen) atoms. The summed E-state index contributed by atoms with van der Waals surface area (Å²) in [5.74, 6) is -0.191. The first-order valence-corrected chi connectivity index (χ1v) is 7.25. The quantitative estimate of drug-likeness (QED) is 0.787. The van der Waals surface area contributed by atoms with Crippen LogP contribution in [0.4, 0.5) is 0 Å². The summed E-state index contributed by atoms with van der Waals surface area (Å²) in [6, 6.07) is 1.89. The SMILES string of the molecule is Cc1nn(CC(=O)N2CC(C)OC(C)C2)c(=O)c(C#N)c1C. The molecule has 1 aromatic rings. The molecular weight excluding hydrogens is 284 g/mol.